The summed E-state index contributed by atoms with van der Waals surface area (Å²) in [5, 5.41) is 28.6. The number of hydrogen-bond donors (Lipinski definition) is 2. The SMILES string of the molecule is C[C@H](O)c1cc([N+](=O)[O-])ccc1OCCO. The summed E-state index contributed by atoms with van der Waals surface area (Å²) in [4.78, 5) is 10.0. The molecule has 0 saturated heterocycles. The van der Waals surface area contributed by atoms with Crippen LogP contribution in [0.1, 0.15) is 18.6 Å². The second-order valence-electron chi connectivity index (χ2n) is 3.23. The van der Waals surface area contributed by atoms with Crippen LogP contribution >= 0.6 is 0 Å². The first-order chi connectivity index (χ1) is 7.56. The van der Waals surface area contributed by atoms with E-state index in [9.17, 15) is 15.2 Å². The highest BCUT2D eigenvalue weighted by atomic mass is 16.6. The molecular weight excluding hydrogens is 214 g/mol. The molecule has 16 heavy (non-hydrogen) atoms. The summed E-state index contributed by atoms with van der Waals surface area (Å²) in [5.41, 5.74) is 0.231. The van der Waals surface area contributed by atoms with Gasteiger partial charge in [0.05, 0.1) is 17.6 Å². The van der Waals surface area contributed by atoms with Crippen molar-refractivity contribution in [3.05, 3.63) is 33.9 Å². The maximum Gasteiger partial charge on any atom is 0.270 e. The Kier molecular flexibility index (Phi) is 4.21. The number of nitrogens with zero attached hydrogens (tertiary/aromatic N) is 1. The van der Waals surface area contributed by atoms with Gasteiger partial charge in [-0.25, -0.2) is 0 Å². The minimum Gasteiger partial charge on any atom is -0.491 e. The second kappa shape index (κ2) is 5.43. The molecule has 88 valence electrons. The average Bonchev–Trinajstić information content (AvgIpc) is 2.25. The zero-order chi connectivity index (χ0) is 12.1. The van der Waals surface area contributed by atoms with Crippen LogP contribution in [-0.2, 0) is 0 Å². The van der Waals surface area contributed by atoms with Gasteiger partial charge in [0.15, 0.2) is 0 Å². The van der Waals surface area contributed by atoms with Gasteiger partial charge in [0.25, 0.3) is 5.69 Å². The van der Waals surface area contributed by atoms with Crippen molar-refractivity contribution >= 4 is 5.69 Å². The highest BCUT2D eigenvalue weighted by Crippen LogP contribution is 2.29. The molecule has 0 aliphatic heterocycles. The predicted octanol–water partition coefficient (Wildman–Crippen LogP) is 1.02. The van der Waals surface area contributed by atoms with Gasteiger partial charge in [-0.1, -0.05) is 0 Å². The number of benzene rings is 1. The first kappa shape index (κ1) is 12.4. The van der Waals surface area contributed by atoms with Crippen LogP contribution in [0.25, 0.3) is 0 Å². The molecule has 6 heteroatoms. The number of aliphatic hydroxyl groups excluding tert-OH is 2. The van der Waals surface area contributed by atoms with Gasteiger partial charge in [-0.3, -0.25) is 10.1 Å². The van der Waals surface area contributed by atoms with Crippen LogP contribution in [0.4, 0.5) is 5.69 Å². The zero-order valence-electron chi connectivity index (χ0n) is 8.79. The summed E-state index contributed by atoms with van der Waals surface area (Å²) in [5.74, 6) is 0.342. The molecule has 6 nitrogen and oxygen atoms in total. The molecule has 1 atom stereocenters. The zero-order valence-corrected chi connectivity index (χ0v) is 8.79. The molecular formula is C10H13NO5. The molecule has 0 aromatic heterocycles. The molecule has 0 fully saturated rings. The average molecular weight is 227 g/mol. The fourth-order valence-corrected chi connectivity index (χ4v) is 1.26. The van der Waals surface area contributed by atoms with Crippen LogP contribution in [0.15, 0.2) is 18.2 Å². The van der Waals surface area contributed by atoms with Gasteiger partial charge in [0.1, 0.15) is 12.4 Å². The van der Waals surface area contributed by atoms with Gasteiger partial charge in [0.2, 0.25) is 0 Å². The van der Waals surface area contributed by atoms with Gasteiger partial charge in [-0.2, -0.15) is 0 Å². The molecule has 1 rings (SSSR count). The fraction of sp³-hybridized carbons (Fsp3) is 0.400. The monoisotopic (exact) mass is 227 g/mol. The van der Waals surface area contributed by atoms with E-state index in [0.717, 1.165) is 0 Å². The Morgan fingerprint density at radius 1 is 1.56 bits per heavy atom. The van der Waals surface area contributed by atoms with E-state index in [-0.39, 0.29) is 18.9 Å². The van der Waals surface area contributed by atoms with E-state index >= 15 is 0 Å². The maximum absolute atomic E-state index is 10.5. The lowest BCUT2D eigenvalue weighted by Gasteiger charge is -2.12. The minimum absolute atomic E-state index is 0.0809. The molecule has 0 amide bonds. The van der Waals surface area contributed by atoms with Gasteiger partial charge in [0, 0.05) is 17.7 Å². The Hall–Kier alpha value is -1.66. The molecule has 2 N–H and O–H groups in total. The second-order valence-corrected chi connectivity index (χ2v) is 3.23. The Balaban J connectivity index is 3.04. The van der Waals surface area contributed by atoms with E-state index in [0.29, 0.717) is 11.3 Å². The Morgan fingerprint density at radius 3 is 2.75 bits per heavy atom. The van der Waals surface area contributed by atoms with Crippen LogP contribution in [0, 0.1) is 10.1 Å². The lowest BCUT2D eigenvalue weighted by Crippen LogP contribution is -2.05. The summed E-state index contributed by atoms with van der Waals surface area (Å²) in [6.45, 7) is 1.42. The minimum atomic E-state index is -0.867. The van der Waals surface area contributed by atoms with E-state index < -0.39 is 11.0 Å². The van der Waals surface area contributed by atoms with Crippen molar-refractivity contribution in [1.29, 1.82) is 0 Å². The van der Waals surface area contributed by atoms with Gasteiger partial charge < -0.3 is 14.9 Å². The lowest BCUT2D eigenvalue weighted by atomic mass is 10.1. The van der Waals surface area contributed by atoms with E-state index in [4.69, 9.17) is 9.84 Å². The van der Waals surface area contributed by atoms with Crippen molar-refractivity contribution in [3.63, 3.8) is 0 Å². The summed E-state index contributed by atoms with van der Waals surface area (Å²) in [7, 11) is 0. The van der Waals surface area contributed by atoms with E-state index in [1.807, 2.05) is 0 Å². The summed E-state index contributed by atoms with van der Waals surface area (Å²) in [6.07, 6.45) is -0.867. The third kappa shape index (κ3) is 2.91. The molecule has 0 bridgehead atoms. The highest BCUT2D eigenvalue weighted by Gasteiger charge is 2.15. The Bertz CT molecular complexity index is 377. The summed E-state index contributed by atoms with van der Waals surface area (Å²) in [6, 6.07) is 3.96. The van der Waals surface area contributed by atoms with Crippen molar-refractivity contribution < 1.29 is 19.9 Å². The first-order valence-corrected chi connectivity index (χ1v) is 4.76. The quantitative estimate of drug-likeness (QED) is 0.578. The van der Waals surface area contributed by atoms with E-state index in [1.165, 1.54) is 25.1 Å². The number of nitro benzene ring substituents is 1. The standard InChI is InChI=1S/C10H13NO5/c1-7(13)9-6-8(11(14)15)2-3-10(9)16-5-4-12/h2-3,6-7,12-13H,4-5H2,1H3/t7-/m0/s1. The highest BCUT2D eigenvalue weighted by molar-refractivity contribution is 5.44. The third-order valence-electron chi connectivity index (χ3n) is 2.00. The normalized spacial score (nSPS) is 12.2. The number of hydrogen-bond acceptors (Lipinski definition) is 5. The molecule has 1 aromatic carbocycles. The number of non-ortho nitro benzene ring substituents is 1. The fourth-order valence-electron chi connectivity index (χ4n) is 1.26. The molecule has 0 unspecified atom stereocenters. The number of nitro groups is 1. The van der Waals surface area contributed by atoms with Gasteiger partial charge in [-0.15, -0.1) is 0 Å². The van der Waals surface area contributed by atoms with Crippen LogP contribution in [-0.4, -0.2) is 28.4 Å². The third-order valence-corrected chi connectivity index (χ3v) is 2.00. The Morgan fingerprint density at radius 2 is 2.25 bits per heavy atom. The van der Waals surface area contributed by atoms with Crippen molar-refractivity contribution in [1.82, 2.24) is 0 Å². The number of aliphatic hydroxyl groups is 2. The summed E-state index contributed by atoms with van der Waals surface area (Å²) < 4.78 is 5.15. The van der Waals surface area contributed by atoms with E-state index in [1.54, 1.807) is 0 Å². The smallest absolute Gasteiger partial charge is 0.270 e. The number of ether oxygens (including phenoxy) is 1. The molecule has 0 saturated carbocycles. The Labute approximate surface area is 92.2 Å². The topological polar surface area (TPSA) is 92.8 Å². The predicted molar refractivity (Wildman–Crippen MR) is 56.3 cm³/mol. The van der Waals surface area contributed by atoms with Crippen LogP contribution in [0.2, 0.25) is 0 Å². The molecule has 0 aliphatic carbocycles. The summed E-state index contributed by atoms with van der Waals surface area (Å²) >= 11 is 0. The largest absolute Gasteiger partial charge is 0.491 e. The maximum atomic E-state index is 10.5. The van der Waals surface area contributed by atoms with Gasteiger partial charge in [-0.05, 0) is 13.0 Å². The van der Waals surface area contributed by atoms with Crippen LogP contribution in [0.5, 0.6) is 5.75 Å². The molecule has 0 spiro atoms. The number of rotatable bonds is 5. The molecule has 1 aromatic rings. The van der Waals surface area contributed by atoms with Crippen LogP contribution < -0.4 is 4.74 Å². The van der Waals surface area contributed by atoms with Crippen molar-refractivity contribution in [2.75, 3.05) is 13.2 Å². The molecule has 0 radical (unpaired) electrons. The van der Waals surface area contributed by atoms with Crippen molar-refractivity contribution in [2.45, 2.75) is 13.0 Å². The van der Waals surface area contributed by atoms with Crippen LogP contribution in [0.3, 0.4) is 0 Å². The molecule has 0 heterocycles. The van der Waals surface area contributed by atoms with E-state index in [2.05, 4.69) is 0 Å². The first-order valence-electron chi connectivity index (χ1n) is 4.76. The van der Waals surface area contributed by atoms with Gasteiger partial charge >= 0.3 is 0 Å². The molecule has 0 aliphatic rings. The van der Waals surface area contributed by atoms with Crippen molar-refractivity contribution in [2.24, 2.45) is 0 Å². The lowest BCUT2D eigenvalue weighted by molar-refractivity contribution is -0.385. The van der Waals surface area contributed by atoms with Crippen molar-refractivity contribution in [3.8, 4) is 5.75 Å².